The Labute approximate surface area is 136 Å². The van der Waals surface area contributed by atoms with Crippen LogP contribution in [0.25, 0.3) is 0 Å². The molecule has 0 amide bonds. The van der Waals surface area contributed by atoms with Crippen molar-refractivity contribution >= 4 is 11.9 Å². The molecule has 0 saturated heterocycles. The van der Waals surface area contributed by atoms with E-state index in [9.17, 15) is 0 Å². The molecule has 0 heterocycles. The van der Waals surface area contributed by atoms with Gasteiger partial charge in [-0.15, -0.1) is 0 Å². The van der Waals surface area contributed by atoms with Crippen LogP contribution >= 0.6 is 0 Å². The molecule has 3 rings (SSSR count). The molecule has 3 heteroatoms. The van der Waals surface area contributed by atoms with Crippen LogP contribution in [-0.2, 0) is 6.61 Å². The Bertz CT molecular complexity index is 755. The SMILES string of the molecule is C(=N\Nc1ccccc1)/c1cccc(OCc2ccccc2)c1. The quantitative estimate of drug-likeness (QED) is 0.528. The van der Waals surface area contributed by atoms with E-state index in [2.05, 4.69) is 22.7 Å². The minimum Gasteiger partial charge on any atom is -0.489 e. The summed E-state index contributed by atoms with van der Waals surface area (Å²) in [5.41, 5.74) is 6.09. The van der Waals surface area contributed by atoms with Gasteiger partial charge in [0.1, 0.15) is 12.4 Å². The maximum atomic E-state index is 5.82. The van der Waals surface area contributed by atoms with E-state index in [0.717, 1.165) is 22.6 Å². The van der Waals surface area contributed by atoms with Crippen LogP contribution in [0.2, 0.25) is 0 Å². The molecule has 0 aromatic heterocycles. The van der Waals surface area contributed by atoms with Crippen molar-refractivity contribution in [1.82, 2.24) is 0 Å². The summed E-state index contributed by atoms with van der Waals surface area (Å²) in [7, 11) is 0. The molecule has 0 aliphatic rings. The molecule has 114 valence electrons. The third kappa shape index (κ3) is 4.71. The normalized spacial score (nSPS) is 10.6. The number of hydrogen-bond donors (Lipinski definition) is 1. The lowest BCUT2D eigenvalue weighted by molar-refractivity contribution is 0.306. The van der Waals surface area contributed by atoms with Crippen LogP contribution in [0.4, 0.5) is 5.69 Å². The van der Waals surface area contributed by atoms with E-state index in [1.165, 1.54) is 0 Å². The molecule has 23 heavy (non-hydrogen) atoms. The molecule has 3 nitrogen and oxygen atoms in total. The van der Waals surface area contributed by atoms with Gasteiger partial charge in [-0.1, -0.05) is 60.7 Å². The van der Waals surface area contributed by atoms with Crippen LogP contribution < -0.4 is 10.2 Å². The number of ether oxygens (including phenoxy) is 1. The third-order valence-corrected chi connectivity index (χ3v) is 3.29. The fourth-order valence-electron chi connectivity index (χ4n) is 2.12. The summed E-state index contributed by atoms with van der Waals surface area (Å²) in [6.07, 6.45) is 1.78. The Morgan fingerprint density at radius 2 is 1.57 bits per heavy atom. The van der Waals surface area contributed by atoms with Gasteiger partial charge in [0, 0.05) is 0 Å². The summed E-state index contributed by atoms with van der Waals surface area (Å²) < 4.78 is 5.82. The molecular weight excluding hydrogens is 284 g/mol. The molecule has 0 spiro atoms. The summed E-state index contributed by atoms with van der Waals surface area (Å²) >= 11 is 0. The zero-order chi connectivity index (χ0) is 15.7. The molecule has 0 radical (unpaired) electrons. The van der Waals surface area contributed by atoms with Gasteiger partial charge >= 0.3 is 0 Å². The highest BCUT2D eigenvalue weighted by Gasteiger charge is 1.97. The predicted molar refractivity (Wildman–Crippen MR) is 94.9 cm³/mol. The molecule has 0 bridgehead atoms. The molecule has 1 N–H and O–H groups in total. The van der Waals surface area contributed by atoms with E-state index < -0.39 is 0 Å². The molecule has 0 aliphatic heterocycles. The fourth-order valence-corrected chi connectivity index (χ4v) is 2.12. The fraction of sp³-hybridized carbons (Fsp3) is 0.0500. The Kier molecular flexibility index (Phi) is 5.04. The van der Waals surface area contributed by atoms with E-state index in [0.29, 0.717) is 6.61 Å². The van der Waals surface area contributed by atoms with Crippen molar-refractivity contribution in [3.05, 3.63) is 96.1 Å². The maximum Gasteiger partial charge on any atom is 0.120 e. The second kappa shape index (κ2) is 7.80. The topological polar surface area (TPSA) is 33.6 Å². The van der Waals surface area contributed by atoms with Crippen LogP contribution in [0.1, 0.15) is 11.1 Å². The van der Waals surface area contributed by atoms with E-state index in [4.69, 9.17) is 4.74 Å². The van der Waals surface area contributed by atoms with Gasteiger partial charge in [-0.05, 0) is 35.4 Å². The van der Waals surface area contributed by atoms with Crippen LogP contribution in [-0.4, -0.2) is 6.21 Å². The van der Waals surface area contributed by atoms with Crippen molar-refractivity contribution < 1.29 is 4.74 Å². The maximum absolute atomic E-state index is 5.82. The highest BCUT2D eigenvalue weighted by Crippen LogP contribution is 2.14. The molecule has 3 aromatic rings. The van der Waals surface area contributed by atoms with Crippen molar-refractivity contribution in [2.75, 3.05) is 5.43 Å². The zero-order valence-electron chi connectivity index (χ0n) is 12.7. The van der Waals surface area contributed by atoms with E-state index in [-0.39, 0.29) is 0 Å². The first-order valence-corrected chi connectivity index (χ1v) is 7.51. The summed E-state index contributed by atoms with van der Waals surface area (Å²) in [6.45, 7) is 0.559. The predicted octanol–water partition coefficient (Wildman–Crippen LogP) is 4.71. The number of nitrogens with zero attached hydrogens (tertiary/aromatic N) is 1. The van der Waals surface area contributed by atoms with Gasteiger partial charge in [-0.25, -0.2) is 0 Å². The minimum atomic E-state index is 0.559. The van der Waals surface area contributed by atoms with Gasteiger partial charge in [-0.2, -0.15) is 5.10 Å². The number of benzene rings is 3. The molecule has 0 saturated carbocycles. The van der Waals surface area contributed by atoms with E-state index >= 15 is 0 Å². The Morgan fingerprint density at radius 1 is 0.826 bits per heavy atom. The zero-order valence-corrected chi connectivity index (χ0v) is 12.7. The van der Waals surface area contributed by atoms with Gasteiger partial charge in [-0.3, -0.25) is 5.43 Å². The summed E-state index contributed by atoms with van der Waals surface area (Å²) in [4.78, 5) is 0. The largest absolute Gasteiger partial charge is 0.489 e. The van der Waals surface area contributed by atoms with Crippen LogP contribution in [0.3, 0.4) is 0 Å². The number of rotatable bonds is 6. The van der Waals surface area contributed by atoms with Crippen LogP contribution in [0.15, 0.2) is 90.0 Å². The van der Waals surface area contributed by atoms with Gasteiger partial charge in [0.05, 0.1) is 11.9 Å². The van der Waals surface area contributed by atoms with E-state index in [1.807, 2.05) is 72.8 Å². The van der Waals surface area contributed by atoms with Gasteiger partial charge in [0.15, 0.2) is 0 Å². The highest BCUT2D eigenvalue weighted by atomic mass is 16.5. The smallest absolute Gasteiger partial charge is 0.120 e. The van der Waals surface area contributed by atoms with Gasteiger partial charge in [0.25, 0.3) is 0 Å². The van der Waals surface area contributed by atoms with Crippen molar-refractivity contribution in [2.45, 2.75) is 6.61 Å². The Balaban J connectivity index is 1.58. The molecule has 0 aliphatic carbocycles. The molecule has 0 fully saturated rings. The highest BCUT2D eigenvalue weighted by molar-refractivity contribution is 5.80. The summed E-state index contributed by atoms with van der Waals surface area (Å²) in [5.74, 6) is 0.831. The monoisotopic (exact) mass is 302 g/mol. The second-order valence-corrected chi connectivity index (χ2v) is 5.08. The minimum absolute atomic E-state index is 0.559. The number of anilines is 1. The first kappa shape index (κ1) is 14.9. The second-order valence-electron chi connectivity index (χ2n) is 5.08. The molecule has 0 unspecified atom stereocenters. The number of nitrogens with one attached hydrogen (secondary N) is 1. The average molecular weight is 302 g/mol. The van der Waals surface area contributed by atoms with Crippen LogP contribution in [0, 0.1) is 0 Å². The lowest BCUT2D eigenvalue weighted by Crippen LogP contribution is -1.96. The van der Waals surface area contributed by atoms with Crippen molar-refractivity contribution in [1.29, 1.82) is 0 Å². The lowest BCUT2D eigenvalue weighted by atomic mass is 10.2. The van der Waals surface area contributed by atoms with Crippen molar-refractivity contribution in [3.8, 4) is 5.75 Å². The van der Waals surface area contributed by atoms with Crippen molar-refractivity contribution in [2.24, 2.45) is 5.10 Å². The molecular formula is C20H18N2O. The summed E-state index contributed by atoms with van der Waals surface area (Å²) in [6, 6.07) is 27.8. The average Bonchev–Trinajstić information content (AvgIpc) is 2.62. The lowest BCUT2D eigenvalue weighted by Gasteiger charge is -2.06. The van der Waals surface area contributed by atoms with Gasteiger partial charge < -0.3 is 4.74 Å². The number of hydrazone groups is 1. The first-order valence-electron chi connectivity index (χ1n) is 7.51. The Hall–Kier alpha value is -3.07. The standard InChI is InChI=1S/C20H18N2O/c1-3-8-17(9-4-1)16-23-20-13-7-10-18(14-20)15-21-22-19-11-5-2-6-12-19/h1-15,22H,16H2/b21-15+. The van der Waals surface area contributed by atoms with Crippen LogP contribution in [0.5, 0.6) is 5.75 Å². The van der Waals surface area contributed by atoms with Crippen molar-refractivity contribution in [3.63, 3.8) is 0 Å². The molecule has 0 atom stereocenters. The first-order chi connectivity index (χ1) is 11.4. The number of para-hydroxylation sites is 1. The third-order valence-electron chi connectivity index (χ3n) is 3.29. The summed E-state index contributed by atoms with van der Waals surface area (Å²) in [5, 5.41) is 4.24. The molecule has 3 aromatic carbocycles. The van der Waals surface area contributed by atoms with Gasteiger partial charge in [0.2, 0.25) is 0 Å². The Morgan fingerprint density at radius 3 is 2.35 bits per heavy atom. The van der Waals surface area contributed by atoms with E-state index in [1.54, 1.807) is 6.21 Å². The number of hydrogen-bond acceptors (Lipinski definition) is 3.